The van der Waals surface area contributed by atoms with Crippen LogP contribution in [-0.4, -0.2) is 21.9 Å². The van der Waals surface area contributed by atoms with Crippen molar-refractivity contribution in [2.75, 3.05) is 0 Å². The topological polar surface area (TPSA) is 53.4 Å². The van der Waals surface area contributed by atoms with Gasteiger partial charge in [0.25, 0.3) is 0 Å². The van der Waals surface area contributed by atoms with Gasteiger partial charge < -0.3 is 4.98 Å². The third-order valence-corrected chi connectivity index (χ3v) is 3.02. The quantitative estimate of drug-likeness (QED) is 0.885. The number of hydrogen-bond donors (Lipinski definition) is 1. The summed E-state index contributed by atoms with van der Waals surface area (Å²) in [7, 11) is 0. The fourth-order valence-electron chi connectivity index (χ4n) is 1.80. The molecule has 5 heteroatoms. The van der Waals surface area contributed by atoms with Gasteiger partial charge in [0.15, 0.2) is 5.82 Å². The van der Waals surface area contributed by atoms with Crippen molar-refractivity contribution in [3.63, 3.8) is 0 Å². The Morgan fingerprint density at radius 2 is 2.11 bits per heavy atom. The number of benzene rings is 1. The van der Waals surface area contributed by atoms with Crippen LogP contribution in [0.2, 0.25) is 5.02 Å². The Labute approximate surface area is 109 Å². The predicted molar refractivity (Wildman–Crippen MR) is 73.0 cm³/mol. The fraction of sp³-hybridized carbons (Fsp3) is 0.154. The minimum absolute atomic E-state index is 0.641. The highest BCUT2D eigenvalue weighted by molar-refractivity contribution is 6.32. The second kappa shape index (κ2) is 4.74. The maximum Gasteiger partial charge on any atom is 0.173 e. The number of fused-ring (bicyclic) bond motifs is 1. The zero-order valence-corrected chi connectivity index (χ0v) is 10.4. The first-order valence-corrected chi connectivity index (χ1v) is 6.03. The van der Waals surface area contributed by atoms with Crippen LogP contribution in [0.5, 0.6) is 0 Å². The van der Waals surface area contributed by atoms with Crippen LogP contribution < -0.4 is 0 Å². The van der Waals surface area contributed by atoms with Crippen LogP contribution in [0.3, 0.4) is 0 Å². The van der Waals surface area contributed by atoms with E-state index in [0.717, 1.165) is 34.2 Å². The number of hydrogen-bond acceptors (Lipinski definition) is 3. The highest BCUT2D eigenvalue weighted by Gasteiger charge is 2.11. The van der Waals surface area contributed by atoms with Crippen LogP contribution in [0.25, 0.3) is 0 Å². The van der Waals surface area contributed by atoms with Crippen molar-refractivity contribution in [1.29, 1.82) is 0 Å². The van der Waals surface area contributed by atoms with Gasteiger partial charge in [-0.3, -0.25) is 4.99 Å². The molecule has 90 valence electrons. The zero-order valence-electron chi connectivity index (χ0n) is 9.60. The molecule has 4 nitrogen and oxygen atoms in total. The number of aromatic amines is 1. The Morgan fingerprint density at radius 1 is 1.28 bits per heavy atom. The summed E-state index contributed by atoms with van der Waals surface area (Å²) in [5, 5.41) is 0.743. The highest BCUT2D eigenvalue weighted by atomic mass is 35.5. The van der Waals surface area contributed by atoms with Crippen molar-refractivity contribution in [2.45, 2.75) is 13.0 Å². The Kier molecular flexibility index (Phi) is 2.94. The first-order valence-electron chi connectivity index (χ1n) is 5.65. The van der Waals surface area contributed by atoms with Crippen molar-refractivity contribution >= 4 is 29.3 Å². The smallest absolute Gasteiger partial charge is 0.173 e. The lowest BCUT2D eigenvalue weighted by Crippen LogP contribution is -2.09. The van der Waals surface area contributed by atoms with Gasteiger partial charge in [-0.25, -0.2) is 9.98 Å². The van der Waals surface area contributed by atoms with Crippen LogP contribution in [-0.2, 0) is 13.0 Å². The Balaban J connectivity index is 1.73. The second-order valence-corrected chi connectivity index (χ2v) is 4.51. The average Bonchev–Trinajstić information content (AvgIpc) is 2.85. The van der Waals surface area contributed by atoms with Gasteiger partial charge in [0.2, 0.25) is 0 Å². The van der Waals surface area contributed by atoms with Gasteiger partial charge in [0.05, 0.1) is 30.5 Å². The normalized spacial score (nSPS) is 15.9. The molecule has 1 aromatic heterocycles. The minimum Gasteiger partial charge on any atom is -0.346 e. The van der Waals surface area contributed by atoms with Crippen LogP contribution in [0.4, 0.5) is 5.82 Å². The van der Waals surface area contributed by atoms with E-state index >= 15 is 0 Å². The summed E-state index contributed by atoms with van der Waals surface area (Å²) in [4.78, 5) is 15.9. The average molecular weight is 259 g/mol. The maximum atomic E-state index is 5.84. The molecule has 0 saturated carbocycles. The number of aromatic nitrogens is 2. The molecule has 0 radical (unpaired) electrons. The lowest BCUT2D eigenvalue weighted by molar-refractivity contribution is 1.05. The zero-order chi connectivity index (χ0) is 12.4. The molecule has 0 fully saturated rings. The van der Waals surface area contributed by atoms with Crippen LogP contribution in [0.15, 0.2) is 40.6 Å². The molecule has 0 spiro atoms. The molecule has 1 N–H and O–H groups in total. The van der Waals surface area contributed by atoms with Crippen LogP contribution in [0.1, 0.15) is 11.3 Å². The van der Waals surface area contributed by atoms with E-state index in [1.165, 1.54) is 0 Å². The summed E-state index contributed by atoms with van der Waals surface area (Å²) in [6.07, 6.45) is 4.19. The van der Waals surface area contributed by atoms with E-state index < -0.39 is 0 Å². The second-order valence-electron chi connectivity index (χ2n) is 4.07. The van der Waals surface area contributed by atoms with Gasteiger partial charge in [-0.15, -0.1) is 0 Å². The number of H-pyrrole nitrogens is 1. The molecule has 1 aliphatic heterocycles. The molecular weight excluding hydrogens is 248 g/mol. The fourth-order valence-corrected chi connectivity index (χ4v) is 1.92. The Morgan fingerprint density at radius 3 is 2.94 bits per heavy atom. The molecular formula is C13H11ClN4. The highest BCUT2D eigenvalue weighted by Crippen LogP contribution is 2.18. The molecule has 2 heterocycles. The van der Waals surface area contributed by atoms with Gasteiger partial charge >= 0.3 is 0 Å². The SMILES string of the molecule is Clc1ccc(CN=C2C=Nc3nc[nH]c3C2)cc1. The van der Waals surface area contributed by atoms with Crippen molar-refractivity contribution in [3.05, 3.63) is 46.9 Å². The van der Waals surface area contributed by atoms with Crippen LogP contribution in [0, 0.1) is 0 Å². The molecule has 2 aromatic rings. The van der Waals surface area contributed by atoms with E-state index in [1.54, 1.807) is 12.5 Å². The summed E-state index contributed by atoms with van der Waals surface area (Å²) < 4.78 is 0. The van der Waals surface area contributed by atoms with Gasteiger partial charge in [-0.05, 0) is 17.7 Å². The molecule has 0 aliphatic carbocycles. The first kappa shape index (κ1) is 11.2. The van der Waals surface area contributed by atoms with Crippen molar-refractivity contribution in [2.24, 2.45) is 9.98 Å². The predicted octanol–water partition coefficient (Wildman–Crippen LogP) is 2.96. The standard InChI is InChI=1S/C13H11ClN4/c14-10-3-1-9(2-4-10)6-15-11-5-12-13(16-7-11)18-8-17-12/h1-4,7-8H,5-6H2,(H,17,18). The first-order chi connectivity index (χ1) is 8.81. The molecule has 1 aliphatic rings. The molecule has 3 rings (SSSR count). The number of aliphatic imine (C=N–C) groups is 2. The van der Waals surface area contributed by atoms with E-state index in [-0.39, 0.29) is 0 Å². The summed E-state index contributed by atoms with van der Waals surface area (Å²) in [6.45, 7) is 0.641. The van der Waals surface area contributed by atoms with Crippen molar-refractivity contribution in [3.8, 4) is 0 Å². The van der Waals surface area contributed by atoms with Gasteiger partial charge in [0.1, 0.15) is 0 Å². The summed E-state index contributed by atoms with van der Waals surface area (Å²) in [6, 6.07) is 7.71. The molecule has 0 saturated heterocycles. The van der Waals surface area contributed by atoms with Gasteiger partial charge in [-0.1, -0.05) is 23.7 Å². The Bertz CT molecular complexity index is 610. The Hall–Kier alpha value is -1.94. The largest absolute Gasteiger partial charge is 0.346 e. The number of halogens is 1. The van der Waals surface area contributed by atoms with E-state index in [2.05, 4.69) is 20.0 Å². The van der Waals surface area contributed by atoms with Crippen LogP contribution >= 0.6 is 11.6 Å². The lowest BCUT2D eigenvalue weighted by Gasteiger charge is -2.06. The molecule has 18 heavy (non-hydrogen) atoms. The molecule has 0 bridgehead atoms. The number of imidazole rings is 1. The maximum absolute atomic E-state index is 5.84. The minimum atomic E-state index is 0.641. The van der Waals surface area contributed by atoms with Crippen molar-refractivity contribution < 1.29 is 0 Å². The summed E-state index contributed by atoms with van der Waals surface area (Å²) >= 11 is 5.84. The van der Waals surface area contributed by atoms with E-state index in [9.17, 15) is 0 Å². The molecule has 0 unspecified atom stereocenters. The van der Waals surface area contributed by atoms with E-state index in [4.69, 9.17) is 11.6 Å². The lowest BCUT2D eigenvalue weighted by atomic mass is 10.1. The van der Waals surface area contributed by atoms with Gasteiger partial charge in [0, 0.05) is 11.4 Å². The molecule has 1 aromatic carbocycles. The molecule has 0 amide bonds. The number of nitrogens with one attached hydrogen (secondary N) is 1. The van der Waals surface area contributed by atoms with Gasteiger partial charge in [-0.2, -0.15) is 0 Å². The van der Waals surface area contributed by atoms with Crippen molar-refractivity contribution in [1.82, 2.24) is 9.97 Å². The van der Waals surface area contributed by atoms with E-state index in [1.807, 2.05) is 24.3 Å². The summed E-state index contributed by atoms with van der Waals surface area (Å²) in [5.41, 5.74) is 3.12. The van der Waals surface area contributed by atoms with E-state index in [0.29, 0.717) is 6.54 Å². The number of nitrogens with zero attached hydrogens (tertiary/aromatic N) is 3. The number of rotatable bonds is 2. The summed E-state index contributed by atoms with van der Waals surface area (Å²) in [5.74, 6) is 0.764. The third-order valence-electron chi connectivity index (χ3n) is 2.77. The monoisotopic (exact) mass is 258 g/mol. The third kappa shape index (κ3) is 2.33. The molecule has 0 atom stereocenters.